The smallest absolute Gasteiger partial charge is 0.308 e. The molecule has 4 aromatic carbocycles. The van der Waals surface area contributed by atoms with Crippen molar-refractivity contribution in [2.75, 3.05) is 14.2 Å². The Bertz CT molecular complexity index is 2550. The number of fused-ring (bicyclic) bond motifs is 2. The topological polar surface area (TPSA) is 118 Å². The van der Waals surface area contributed by atoms with Gasteiger partial charge >= 0.3 is 11.9 Å². The molecule has 0 bridgehead atoms. The molecule has 356 valence electrons. The number of esters is 2. The Morgan fingerprint density at radius 3 is 1.40 bits per heavy atom. The first-order valence-electron chi connectivity index (χ1n) is 23.2. The molecule has 2 atom stereocenters. The Balaban J connectivity index is 0.000000183. The standard InChI is InChI=1S/C28H34N2O3.C15H21Br.C13H14N2O3/c1-27(2)13-14-28(3,4)24-17-20(7-12-23(24)27)19-33-22-10-8-21(9-11-22)25(18-26(31)32-5)30-16-6-15-29-30;1-14(2)7-8-15(3,4)13-9-11(10-16)5-6-12(13)14;1-18-13(17)9-12(15-8-2-7-14-15)10-3-5-11(16)6-4-10/h6-12,15-17,25H,13-14,18-19H2,1-5H3;5-6,9H,7-8,10H2,1-4H3;2-8,12,16H,9H2,1H3/t25-;;12-/m1.1/s1. The fraction of sp³-hybridized carbons (Fsp3) is 0.429. The van der Waals surface area contributed by atoms with E-state index in [-0.39, 0.29) is 53.4 Å². The maximum Gasteiger partial charge on any atom is 0.308 e. The first-order valence-corrected chi connectivity index (χ1v) is 24.4. The first kappa shape index (κ1) is 50.7. The predicted molar refractivity (Wildman–Crippen MR) is 269 cm³/mol. The van der Waals surface area contributed by atoms with Gasteiger partial charge in [-0.25, -0.2) is 0 Å². The summed E-state index contributed by atoms with van der Waals surface area (Å²) in [7, 11) is 2.77. The van der Waals surface area contributed by atoms with Gasteiger partial charge in [-0.2, -0.15) is 10.2 Å². The number of alkyl halides is 1. The molecule has 0 aliphatic heterocycles. The van der Waals surface area contributed by atoms with Gasteiger partial charge in [-0.15, -0.1) is 0 Å². The number of nitrogens with zero attached hydrogens (tertiary/aromatic N) is 4. The molecule has 11 heteroatoms. The van der Waals surface area contributed by atoms with Gasteiger partial charge in [0.05, 0.1) is 39.1 Å². The number of ether oxygens (including phenoxy) is 3. The number of benzene rings is 4. The highest BCUT2D eigenvalue weighted by molar-refractivity contribution is 9.08. The lowest BCUT2D eigenvalue weighted by Crippen LogP contribution is -2.33. The molecular weight excluding hydrogens is 905 g/mol. The van der Waals surface area contributed by atoms with E-state index >= 15 is 0 Å². The predicted octanol–water partition coefficient (Wildman–Crippen LogP) is 12.6. The minimum Gasteiger partial charge on any atom is -0.508 e. The summed E-state index contributed by atoms with van der Waals surface area (Å²) in [5.74, 6) is 0.419. The van der Waals surface area contributed by atoms with E-state index < -0.39 is 0 Å². The number of aromatic nitrogens is 4. The van der Waals surface area contributed by atoms with Crippen LogP contribution in [0, 0.1) is 0 Å². The van der Waals surface area contributed by atoms with Crippen molar-refractivity contribution in [2.24, 2.45) is 0 Å². The Hall–Kier alpha value is -5.68. The van der Waals surface area contributed by atoms with Gasteiger partial charge in [0.25, 0.3) is 0 Å². The van der Waals surface area contributed by atoms with Crippen LogP contribution in [0.4, 0.5) is 0 Å². The van der Waals surface area contributed by atoms with Crippen LogP contribution in [0.25, 0.3) is 0 Å². The van der Waals surface area contributed by atoms with Gasteiger partial charge in [-0.05, 0) is 128 Å². The zero-order chi connectivity index (χ0) is 48.6. The molecule has 0 unspecified atom stereocenters. The number of hydrogen-bond acceptors (Lipinski definition) is 8. The first-order chi connectivity index (χ1) is 31.8. The van der Waals surface area contributed by atoms with Crippen molar-refractivity contribution in [1.29, 1.82) is 0 Å². The third-order valence-electron chi connectivity index (χ3n) is 13.8. The minimum atomic E-state index is -0.302. The SMILES string of the molecule is CC1(C)CCC(C)(C)c2cc(CBr)ccc21.COC(=O)C[C@H](c1ccc(O)cc1)n1cccn1.COC(=O)C[C@H](c1ccc(OCc2ccc3c(c2)C(C)(C)CCC3(C)C)cc1)n1cccn1. The highest BCUT2D eigenvalue weighted by Gasteiger charge is 2.38. The Morgan fingerprint density at radius 2 is 1.00 bits per heavy atom. The van der Waals surface area contributed by atoms with Crippen LogP contribution in [0.5, 0.6) is 11.5 Å². The summed E-state index contributed by atoms with van der Waals surface area (Å²) in [6.45, 7) is 19.4. The number of carbonyl (C=O) groups is 2. The number of phenolic OH excluding ortho intramolecular Hbond substituents is 1. The summed E-state index contributed by atoms with van der Waals surface area (Å²) in [4.78, 5) is 23.4. The maximum absolute atomic E-state index is 11.9. The van der Waals surface area contributed by atoms with Crippen LogP contribution in [0.1, 0.15) is 151 Å². The van der Waals surface area contributed by atoms with Crippen LogP contribution in [0.3, 0.4) is 0 Å². The van der Waals surface area contributed by atoms with E-state index in [1.165, 1.54) is 62.2 Å². The monoisotopic (exact) mass is 972 g/mol. The summed E-state index contributed by atoms with van der Waals surface area (Å²) in [6.07, 6.45) is 12.4. The zero-order valence-electron chi connectivity index (χ0n) is 41.0. The molecule has 0 amide bonds. The van der Waals surface area contributed by atoms with Crippen molar-refractivity contribution in [3.63, 3.8) is 0 Å². The number of carbonyl (C=O) groups excluding carboxylic acids is 2. The molecule has 10 nitrogen and oxygen atoms in total. The van der Waals surface area contributed by atoms with Crippen LogP contribution < -0.4 is 4.74 Å². The molecule has 0 saturated heterocycles. The molecule has 2 aliphatic carbocycles. The summed E-state index contributed by atoms with van der Waals surface area (Å²) in [5.41, 5.74) is 11.5. The van der Waals surface area contributed by atoms with Gasteiger partial charge in [0.15, 0.2) is 0 Å². The molecule has 6 aromatic rings. The second kappa shape index (κ2) is 21.5. The molecule has 0 spiro atoms. The van der Waals surface area contributed by atoms with E-state index in [9.17, 15) is 14.7 Å². The highest BCUT2D eigenvalue weighted by atomic mass is 79.9. The molecule has 0 fully saturated rings. The Morgan fingerprint density at radius 1 is 0.597 bits per heavy atom. The molecule has 67 heavy (non-hydrogen) atoms. The molecule has 2 aromatic heterocycles. The largest absolute Gasteiger partial charge is 0.508 e. The second-order valence-electron chi connectivity index (χ2n) is 20.4. The summed E-state index contributed by atoms with van der Waals surface area (Å²) in [6, 6.07) is 31.6. The zero-order valence-corrected chi connectivity index (χ0v) is 42.6. The number of rotatable bonds is 12. The lowest BCUT2D eigenvalue weighted by Gasteiger charge is -2.42. The molecule has 2 heterocycles. The summed E-state index contributed by atoms with van der Waals surface area (Å²) < 4.78 is 19.2. The molecule has 8 rings (SSSR count). The summed E-state index contributed by atoms with van der Waals surface area (Å²) >= 11 is 3.55. The van der Waals surface area contributed by atoms with Crippen LogP contribution >= 0.6 is 15.9 Å². The number of phenols is 1. The van der Waals surface area contributed by atoms with Gasteiger partial charge in [0.1, 0.15) is 18.1 Å². The van der Waals surface area contributed by atoms with E-state index in [4.69, 9.17) is 14.2 Å². The van der Waals surface area contributed by atoms with Gasteiger partial charge in [0, 0.05) is 30.1 Å². The van der Waals surface area contributed by atoms with Crippen LogP contribution in [-0.4, -0.2) is 50.8 Å². The highest BCUT2D eigenvalue weighted by Crippen LogP contribution is 2.47. The molecule has 1 N–H and O–H groups in total. The van der Waals surface area contributed by atoms with Crippen molar-refractivity contribution >= 4 is 27.9 Å². The Kier molecular flexibility index (Phi) is 16.3. The number of hydrogen-bond donors (Lipinski definition) is 1. The minimum absolute atomic E-state index is 0.184. The van der Waals surface area contributed by atoms with Crippen LogP contribution in [0.15, 0.2) is 122 Å². The van der Waals surface area contributed by atoms with Gasteiger partial charge in [-0.3, -0.25) is 19.0 Å². The van der Waals surface area contributed by atoms with Crippen LogP contribution in [-0.2, 0) is 52.7 Å². The third kappa shape index (κ3) is 12.7. The quantitative estimate of drug-likeness (QED) is 0.0952. The molecule has 2 aliphatic rings. The summed E-state index contributed by atoms with van der Waals surface area (Å²) in [5, 5.41) is 18.7. The molecule has 0 saturated carbocycles. The van der Waals surface area contributed by atoms with E-state index in [1.807, 2.05) is 36.5 Å². The van der Waals surface area contributed by atoms with Crippen molar-refractivity contribution in [1.82, 2.24) is 19.6 Å². The van der Waals surface area contributed by atoms with Crippen LogP contribution in [0.2, 0.25) is 0 Å². The van der Waals surface area contributed by atoms with E-state index in [2.05, 4.69) is 118 Å². The number of methoxy groups -OCH3 is 2. The van der Waals surface area contributed by atoms with Gasteiger partial charge < -0.3 is 19.3 Å². The number of aromatic hydroxyl groups is 1. The maximum atomic E-state index is 11.9. The van der Waals surface area contributed by atoms with Crippen molar-refractivity contribution in [3.8, 4) is 11.5 Å². The normalized spacial score (nSPS) is 16.8. The average molecular weight is 974 g/mol. The molecule has 0 radical (unpaired) electrons. The third-order valence-corrected chi connectivity index (χ3v) is 14.4. The number of halogens is 1. The van der Waals surface area contributed by atoms with Gasteiger partial charge in [-0.1, -0.05) is 132 Å². The molecular formula is C56H69BrN4O6. The van der Waals surface area contributed by atoms with E-state index in [0.717, 1.165) is 22.2 Å². The van der Waals surface area contributed by atoms with E-state index in [1.54, 1.807) is 69.4 Å². The van der Waals surface area contributed by atoms with Crippen molar-refractivity contribution < 1.29 is 28.9 Å². The lowest BCUT2D eigenvalue weighted by molar-refractivity contribution is -0.142. The second-order valence-corrected chi connectivity index (χ2v) is 21.0. The fourth-order valence-electron chi connectivity index (χ4n) is 9.23. The fourth-order valence-corrected chi connectivity index (χ4v) is 9.58. The van der Waals surface area contributed by atoms with Gasteiger partial charge in [0.2, 0.25) is 0 Å². The van der Waals surface area contributed by atoms with Crippen molar-refractivity contribution in [2.45, 2.75) is 140 Å². The average Bonchev–Trinajstić information content (AvgIpc) is 4.07. The van der Waals surface area contributed by atoms with Crippen molar-refractivity contribution in [3.05, 3.63) is 166 Å². The Labute approximate surface area is 406 Å². The van der Waals surface area contributed by atoms with E-state index in [0.29, 0.717) is 17.4 Å². The lowest BCUT2D eigenvalue weighted by atomic mass is 9.63.